The Bertz CT molecular complexity index is 2250. The Labute approximate surface area is 270 Å². The van der Waals surface area contributed by atoms with Gasteiger partial charge in [-0.3, -0.25) is 0 Å². The molecule has 0 aromatic heterocycles. The van der Waals surface area contributed by atoms with Crippen LogP contribution in [0.25, 0.3) is 54.2 Å². The van der Waals surface area contributed by atoms with Gasteiger partial charge in [0.2, 0.25) is 0 Å². The van der Waals surface area contributed by atoms with E-state index in [0.717, 1.165) is 6.42 Å². The van der Waals surface area contributed by atoms with Crippen LogP contribution in [0.5, 0.6) is 0 Å². The molecule has 0 aliphatic heterocycles. The van der Waals surface area contributed by atoms with Crippen LogP contribution in [0.1, 0.15) is 100 Å². The van der Waals surface area contributed by atoms with Crippen LogP contribution in [0.3, 0.4) is 0 Å². The molecule has 0 N–H and O–H groups in total. The van der Waals surface area contributed by atoms with E-state index in [1.165, 1.54) is 143 Å². The van der Waals surface area contributed by atoms with Crippen molar-refractivity contribution in [2.45, 2.75) is 117 Å². The second-order valence-corrected chi connectivity index (χ2v) is 14.9. The van der Waals surface area contributed by atoms with E-state index in [4.69, 9.17) is 0 Å². The summed E-state index contributed by atoms with van der Waals surface area (Å²) >= 11 is 0. The number of aryl methyl sites for hydroxylation is 10. The van der Waals surface area contributed by atoms with Crippen LogP contribution in [0.2, 0.25) is 0 Å². The van der Waals surface area contributed by atoms with E-state index in [2.05, 4.69) is 111 Å². The van der Waals surface area contributed by atoms with Gasteiger partial charge in [-0.25, -0.2) is 0 Å². The molecule has 0 amide bonds. The van der Waals surface area contributed by atoms with Crippen molar-refractivity contribution in [2.75, 3.05) is 0 Å². The third-order valence-electron chi connectivity index (χ3n) is 13.3. The largest absolute Gasteiger partial charge is 0.0444 e. The Morgan fingerprint density at radius 1 is 0.200 bits per heavy atom. The molecular weight excluding hydrogens is 540 g/mol. The standard InChI is InChI=1S/C45H50/c1-18-20(3)24(7)38-32(15)44-34-17-35-43(42(34)28(11)26(9)40(44)30(13)36(38)22(18)5)29(12)27(10)41-31(14)37-23(6)19(2)21(4)25(8)39(37)33(16)45(35)41/h17H2,1-16H3. The van der Waals surface area contributed by atoms with Gasteiger partial charge in [-0.1, -0.05) is 0 Å². The zero-order valence-electron chi connectivity index (χ0n) is 30.7. The van der Waals surface area contributed by atoms with Crippen molar-refractivity contribution in [3.8, 4) is 11.1 Å². The predicted molar refractivity (Wildman–Crippen MR) is 200 cm³/mol. The molecule has 0 saturated carbocycles. The molecule has 0 heterocycles. The second-order valence-electron chi connectivity index (χ2n) is 14.9. The summed E-state index contributed by atoms with van der Waals surface area (Å²) in [4.78, 5) is 0. The van der Waals surface area contributed by atoms with Crippen LogP contribution in [0.4, 0.5) is 0 Å². The topological polar surface area (TPSA) is 0 Å². The normalized spacial score (nSPS) is 12.8. The first kappa shape index (κ1) is 30.0. The number of benzene rings is 6. The fourth-order valence-corrected chi connectivity index (χ4v) is 10.1. The monoisotopic (exact) mass is 590 g/mol. The molecule has 0 atom stereocenters. The maximum absolute atomic E-state index is 2.42. The van der Waals surface area contributed by atoms with Crippen molar-refractivity contribution >= 4 is 43.1 Å². The van der Waals surface area contributed by atoms with Crippen molar-refractivity contribution < 1.29 is 0 Å². The zero-order valence-corrected chi connectivity index (χ0v) is 30.7. The first-order chi connectivity index (χ1) is 21.1. The lowest BCUT2D eigenvalue weighted by atomic mass is 9.79. The first-order valence-corrected chi connectivity index (χ1v) is 17.0. The summed E-state index contributed by atoms with van der Waals surface area (Å²) in [5.74, 6) is 0. The minimum Gasteiger partial charge on any atom is -0.0444 e. The van der Waals surface area contributed by atoms with Gasteiger partial charge in [-0.15, -0.1) is 0 Å². The Kier molecular flexibility index (Phi) is 6.31. The fourth-order valence-electron chi connectivity index (χ4n) is 10.1. The van der Waals surface area contributed by atoms with Gasteiger partial charge in [0.25, 0.3) is 0 Å². The molecule has 7 rings (SSSR count). The van der Waals surface area contributed by atoms with Crippen molar-refractivity contribution in [3.63, 3.8) is 0 Å². The minimum absolute atomic E-state index is 1.00. The van der Waals surface area contributed by atoms with Gasteiger partial charge in [0.1, 0.15) is 0 Å². The van der Waals surface area contributed by atoms with Gasteiger partial charge in [-0.2, -0.15) is 0 Å². The summed E-state index contributed by atoms with van der Waals surface area (Å²) in [7, 11) is 0. The van der Waals surface area contributed by atoms with Crippen molar-refractivity contribution in [3.05, 3.63) is 100 Å². The van der Waals surface area contributed by atoms with Gasteiger partial charge in [-0.05, 0) is 272 Å². The molecule has 0 spiro atoms. The average Bonchev–Trinajstić information content (AvgIpc) is 3.40. The van der Waals surface area contributed by atoms with Crippen LogP contribution < -0.4 is 0 Å². The smallest absolute Gasteiger partial charge is 0.0000691 e. The molecule has 0 fully saturated rings. The number of hydrogen-bond acceptors (Lipinski definition) is 0. The van der Waals surface area contributed by atoms with Gasteiger partial charge in [0.05, 0.1) is 0 Å². The van der Waals surface area contributed by atoms with E-state index in [-0.39, 0.29) is 0 Å². The summed E-state index contributed by atoms with van der Waals surface area (Å²) in [6.07, 6.45) is 1.00. The molecule has 0 heteroatoms. The van der Waals surface area contributed by atoms with Gasteiger partial charge in [0.15, 0.2) is 0 Å². The van der Waals surface area contributed by atoms with Gasteiger partial charge in [0, 0.05) is 0 Å². The molecule has 1 aliphatic rings. The maximum Gasteiger partial charge on any atom is -0.0000691 e. The number of fused-ring (bicyclic) bond motifs is 9. The Morgan fingerprint density at radius 2 is 0.400 bits per heavy atom. The third-order valence-corrected chi connectivity index (χ3v) is 13.3. The number of hydrogen-bond donors (Lipinski definition) is 0. The molecule has 0 unspecified atom stereocenters. The molecule has 0 nitrogen and oxygen atoms in total. The Balaban J connectivity index is 1.73. The second kappa shape index (κ2) is 9.45. The fraction of sp³-hybridized carbons (Fsp3) is 0.378. The number of rotatable bonds is 0. The first-order valence-electron chi connectivity index (χ1n) is 17.0. The summed E-state index contributed by atoms with van der Waals surface area (Å²) in [6, 6.07) is 0. The Hall–Kier alpha value is -3.64. The molecule has 230 valence electrons. The highest BCUT2D eigenvalue weighted by molar-refractivity contribution is 6.17. The third kappa shape index (κ3) is 3.39. The maximum atomic E-state index is 2.42. The van der Waals surface area contributed by atoms with Crippen molar-refractivity contribution in [2.24, 2.45) is 0 Å². The van der Waals surface area contributed by atoms with E-state index in [1.54, 1.807) is 11.1 Å². The summed E-state index contributed by atoms with van der Waals surface area (Å²) < 4.78 is 0. The van der Waals surface area contributed by atoms with Gasteiger partial charge < -0.3 is 0 Å². The van der Waals surface area contributed by atoms with E-state index >= 15 is 0 Å². The molecule has 1 aliphatic carbocycles. The highest BCUT2D eigenvalue weighted by Crippen LogP contribution is 2.54. The predicted octanol–water partition coefficient (Wildman–Crippen LogP) is 12.8. The molecular formula is C45H50. The summed E-state index contributed by atoms with van der Waals surface area (Å²) in [5, 5.41) is 11.9. The van der Waals surface area contributed by atoms with Crippen LogP contribution in [-0.2, 0) is 6.42 Å². The highest BCUT2D eigenvalue weighted by atomic mass is 14.4. The average molecular weight is 591 g/mol. The van der Waals surface area contributed by atoms with Crippen molar-refractivity contribution in [1.29, 1.82) is 0 Å². The molecule has 0 radical (unpaired) electrons. The quantitative estimate of drug-likeness (QED) is 0.154. The molecule has 0 saturated heterocycles. The molecule has 0 bridgehead atoms. The molecule has 6 aromatic rings. The SMILES string of the molecule is Cc1c(C)c(C)c2c(C)c3c4c(c(C)c(C)c3c(C)c2c1C)-c1c(C)c(C)c2c(C)c3c(C)c(C)c(C)c(C)c3c(C)c2c1C4. The molecule has 6 aromatic carbocycles. The van der Waals surface area contributed by atoms with Crippen LogP contribution in [0, 0.1) is 111 Å². The summed E-state index contributed by atoms with van der Waals surface area (Å²) in [6.45, 7) is 37.8. The lowest BCUT2D eigenvalue weighted by molar-refractivity contribution is 1.23. The van der Waals surface area contributed by atoms with E-state index in [1.807, 2.05) is 0 Å². The van der Waals surface area contributed by atoms with E-state index < -0.39 is 0 Å². The van der Waals surface area contributed by atoms with E-state index in [0.29, 0.717) is 0 Å². The minimum atomic E-state index is 1.00. The Morgan fingerprint density at radius 3 is 0.667 bits per heavy atom. The van der Waals surface area contributed by atoms with Crippen LogP contribution in [-0.4, -0.2) is 0 Å². The van der Waals surface area contributed by atoms with Crippen LogP contribution in [0.15, 0.2) is 0 Å². The van der Waals surface area contributed by atoms with Gasteiger partial charge >= 0.3 is 0 Å². The zero-order chi connectivity index (χ0) is 32.9. The summed E-state index contributed by atoms with van der Waals surface area (Å²) in [5.41, 5.74) is 29.4. The van der Waals surface area contributed by atoms with Crippen molar-refractivity contribution in [1.82, 2.24) is 0 Å². The van der Waals surface area contributed by atoms with E-state index in [9.17, 15) is 0 Å². The molecule has 45 heavy (non-hydrogen) atoms. The van der Waals surface area contributed by atoms with Crippen LogP contribution >= 0.6 is 0 Å². The lowest BCUT2D eigenvalue weighted by Gasteiger charge is -2.25. The highest BCUT2D eigenvalue weighted by Gasteiger charge is 2.33. The lowest BCUT2D eigenvalue weighted by Crippen LogP contribution is -2.03.